The quantitative estimate of drug-likeness (QED) is 0.629. The van der Waals surface area contributed by atoms with Crippen molar-refractivity contribution in [3.05, 3.63) is 58.9 Å². The van der Waals surface area contributed by atoms with E-state index in [0.717, 1.165) is 17.3 Å². The van der Waals surface area contributed by atoms with Crippen molar-refractivity contribution in [1.29, 1.82) is 0 Å². The molecule has 10 heteroatoms. The maximum absolute atomic E-state index is 14.2. The van der Waals surface area contributed by atoms with Crippen LogP contribution >= 0.6 is 0 Å². The third kappa shape index (κ3) is 3.70. The lowest BCUT2D eigenvalue weighted by atomic mass is 10.0. The van der Waals surface area contributed by atoms with Gasteiger partial charge in [0, 0.05) is 36.5 Å². The molecule has 0 saturated carbocycles. The van der Waals surface area contributed by atoms with Crippen molar-refractivity contribution in [2.45, 2.75) is 39.0 Å². The van der Waals surface area contributed by atoms with Gasteiger partial charge in [-0.15, -0.1) is 0 Å². The fourth-order valence-corrected chi connectivity index (χ4v) is 3.26. The van der Waals surface area contributed by atoms with Crippen LogP contribution < -0.4 is 16.5 Å². The van der Waals surface area contributed by atoms with Crippen molar-refractivity contribution in [3.8, 4) is 0 Å². The molecule has 2 aliphatic heterocycles. The van der Waals surface area contributed by atoms with E-state index in [1.54, 1.807) is 6.20 Å². The summed E-state index contributed by atoms with van der Waals surface area (Å²) in [7, 11) is 0. The minimum absolute atomic E-state index is 0.0351. The van der Waals surface area contributed by atoms with Gasteiger partial charge in [0.15, 0.2) is 11.7 Å². The Morgan fingerprint density at radius 1 is 1.24 bits per heavy atom. The number of fused-ring (bicyclic) bond motifs is 1. The number of rotatable bonds is 4. The standard InChI is InChI=1S/C19H22F2N8/c1-10(2)29-18-14(9-23-29)17(24-16-6-11(3)27-28-16)25-19(22,26-18)8-12-4-5-13(20)7-15(12)21/h4-7,9-10,23H,8,22H2,1-3H3,(H2,24,25,27,28). The number of hydrogen-bond acceptors (Lipinski definition) is 7. The summed E-state index contributed by atoms with van der Waals surface area (Å²) in [5.41, 5.74) is 11.5. The largest absolute Gasteiger partial charge is 0.323 e. The van der Waals surface area contributed by atoms with Crippen LogP contribution in [0.4, 0.5) is 14.6 Å². The molecule has 2 aliphatic rings. The Morgan fingerprint density at radius 3 is 2.69 bits per heavy atom. The Kier molecular flexibility index (Phi) is 4.58. The molecule has 2 aromatic rings. The lowest BCUT2D eigenvalue weighted by Gasteiger charge is -2.32. The Bertz CT molecular complexity index is 1040. The summed E-state index contributed by atoms with van der Waals surface area (Å²) in [6.45, 7) is 5.88. The second kappa shape index (κ2) is 6.96. The Balaban J connectivity index is 1.73. The second-order valence-corrected chi connectivity index (χ2v) is 7.40. The lowest BCUT2D eigenvalue weighted by Crippen LogP contribution is -2.49. The van der Waals surface area contributed by atoms with Crippen molar-refractivity contribution < 1.29 is 8.78 Å². The first-order valence-electron chi connectivity index (χ1n) is 9.22. The number of aromatic amines is 1. The van der Waals surface area contributed by atoms with Gasteiger partial charge in [-0.1, -0.05) is 6.07 Å². The van der Waals surface area contributed by atoms with E-state index in [1.165, 1.54) is 12.1 Å². The fourth-order valence-electron chi connectivity index (χ4n) is 3.26. The third-order valence-corrected chi connectivity index (χ3v) is 4.61. The van der Waals surface area contributed by atoms with E-state index in [4.69, 9.17) is 5.73 Å². The first-order valence-corrected chi connectivity index (χ1v) is 9.22. The predicted molar refractivity (Wildman–Crippen MR) is 107 cm³/mol. The molecule has 4 rings (SSSR count). The molecule has 0 fully saturated rings. The number of nitrogens with zero attached hydrogens (tertiary/aromatic N) is 4. The molecule has 8 nitrogen and oxygen atoms in total. The highest BCUT2D eigenvalue weighted by Gasteiger charge is 2.38. The van der Waals surface area contributed by atoms with Crippen LogP contribution in [0, 0.1) is 18.6 Å². The number of halogens is 2. The van der Waals surface area contributed by atoms with Crippen LogP contribution in [-0.2, 0) is 6.42 Å². The molecule has 1 aromatic heterocycles. The average molecular weight is 400 g/mol. The molecule has 152 valence electrons. The van der Waals surface area contributed by atoms with Crippen molar-refractivity contribution >= 4 is 17.5 Å². The first kappa shape index (κ1) is 19.1. The van der Waals surface area contributed by atoms with E-state index < -0.39 is 17.4 Å². The molecular formula is C19H22F2N8. The molecule has 0 bridgehead atoms. The van der Waals surface area contributed by atoms with Crippen molar-refractivity contribution in [2.75, 3.05) is 5.32 Å². The van der Waals surface area contributed by atoms with Crippen molar-refractivity contribution in [2.24, 2.45) is 15.7 Å². The molecule has 1 unspecified atom stereocenters. The summed E-state index contributed by atoms with van der Waals surface area (Å²) in [6, 6.07) is 5.29. The van der Waals surface area contributed by atoms with Crippen molar-refractivity contribution in [3.63, 3.8) is 0 Å². The zero-order valence-electron chi connectivity index (χ0n) is 16.3. The number of benzene rings is 1. The molecule has 1 aromatic carbocycles. The van der Waals surface area contributed by atoms with E-state index in [2.05, 4.69) is 30.9 Å². The van der Waals surface area contributed by atoms with E-state index in [-0.39, 0.29) is 18.0 Å². The number of hydrogen-bond donors (Lipinski definition) is 4. The van der Waals surface area contributed by atoms with Crippen molar-refractivity contribution in [1.82, 2.24) is 20.6 Å². The highest BCUT2D eigenvalue weighted by atomic mass is 19.1. The molecule has 5 N–H and O–H groups in total. The maximum Gasteiger partial charge on any atom is 0.210 e. The van der Waals surface area contributed by atoms with Gasteiger partial charge in [-0.05, 0) is 32.4 Å². The van der Waals surface area contributed by atoms with E-state index in [9.17, 15) is 8.78 Å². The van der Waals surface area contributed by atoms with Gasteiger partial charge in [0.1, 0.15) is 17.5 Å². The number of H-pyrrole nitrogens is 1. The summed E-state index contributed by atoms with van der Waals surface area (Å²) in [5.74, 6) is -1.19. The highest BCUT2D eigenvalue weighted by Crippen LogP contribution is 2.27. The third-order valence-electron chi connectivity index (χ3n) is 4.61. The predicted octanol–water partition coefficient (Wildman–Crippen LogP) is 2.19. The molecule has 0 amide bonds. The van der Waals surface area contributed by atoms with E-state index in [0.29, 0.717) is 17.5 Å². The summed E-state index contributed by atoms with van der Waals surface area (Å²) >= 11 is 0. The van der Waals surface area contributed by atoms with E-state index in [1.807, 2.05) is 31.8 Å². The van der Waals surface area contributed by atoms with Gasteiger partial charge in [-0.25, -0.2) is 18.8 Å². The number of nitrogens with one attached hydrogen (secondary N) is 3. The fraction of sp³-hybridized carbons (Fsp3) is 0.316. The lowest BCUT2D eigenvalue weighted by molar-refractivity contribution is 0.300. The van der Waals surface area contributed by atoms with Gasteiger partial charge in [0.2, 0.25) is 5.79 Å². The normalized spacial score (nSPS) is 20.8. The highest BCUT2D eigenvalue weighted by molar-refractivity contribution is 6.28. The van der Waals surface area contributed by atoms with Crippen LogP contribution in [0.2, 0.25) is 0 Å². The van der Waals surface area contributed by atoms with Gasteiger partial charge in [-0.3, -0.25) is 15.8 Å². The zero-order chi connectivity index (χ0) is 20.8. The van der Waals surface area contributed by atoms with Crippen LogP contribution in [0.25, 0.3) is 0 Å². The summed E-state index contributed by atoms with van der Waals surface area (Å²) in [6.07, 6.45) is 1.74. The summed E-state index contributed by atoms with van der Waals surface area (Å²) in [4.78, 5) is 9.17. The van der Waals surface area contributed by atoms with Gasteiger partial charge in [0.05, 0.1) is 5.57 Å². The Morgan fingerprint density at radius 2 is 2.03 bits per heavy atom. The van der Waals surface area contributed by atoms with Crippen LogP contribution in [0.3, 0.4) is 0 Å². The Hall–Kier alpha value is -3.27. The van der Waals surface area contributed by atoms with Gasteiger partial charge >= 0.3 is 0 Å². The van der Waals surface area contributed by atoms with Crippen LogP contribution in [0.5, 0.6) is 0 Å². The minimum atomic E-state index is -1.47. The summed E-state index contributed by atoms with van der Waals surface area (Å²) < 4.78 is 27.5. The molecule has 29 heavy (non-hydrogen) atoms. The summed E-state index contributed by atoms with van der Waals surface area (Å²) in [5, 5.41) is 12.0. The molecule has 0 radical (unpaired) electrons. The Labute approximate surface area is 166 Å². The number of anilines is 1. The van der Waals surface area contributed by atoms with Crippen LogP contribution in [0.15, 0.2) is 46.0 Å². The smallest absolute Gasteiger partial charge is 0.210 e. The molecule has 0 aliphatic carbocycles. The number of aliphatic imine (C=N–C) groups is 2. The monoisotopic (exact) mass is 400 g/mol. The van der Waals surface area contributed by atoms with Gasteiger partial charge < -0.3 is 10.7 Å². The molecular weight excluding hydrogens is 378 g/mol. The zero-order valence-corrected chi connectivity index (χ0v) is 16.3. The maximum atomic E-state index is 14.2. The number of hydrazine groups is 1. The first-order chi connectivity index (χ1) is 13.7. The van der Waals surface area contributed by atoms with Crippen LogP contribution in [-0.4, -0.2) is 38.7 Å². The number of aromatic nitrogens is 2. The van der Waals surface area contributed by atoms with Gasteiger partial charge in [0.25, 0.3) is 0 Å². The molecule has 1 atom stereocenters. The molecule has 0 spiro atoms. The number of amidine groups is 2. The SMILES string of the molecule is Cc1cc(NC2=NC(N)(Cc3ccc(F)cc3F)N=C3C2=CNN3C(C)C)n[nH]1. The minimum Gasteiger partial charge on any atom is -0.323 e. The van der Waals surface area contributed by atoms with Crippen LogP contribution in [0.1, 0.15) is 25.1 Å². The molecule has 0 saturated heterocycles. The topological polar surface area (TPSA) is 107 Å². The molecule has 3 heterocycles. The van der Waals surface area contributed by atoms with E-state index >= 15 is 0 Å². The van der Waals surface area contributed by atoms with Gasteiger partial charge in [-0.2, -0.15) is 5.10 Å². The second-order valence-electron chi connectivity index (χ2n) is 7.40. The number of aryl methyl sites for hydroxylation is 1. The average Bonchev–Trinajstić information content (AvgIpc) is 3.23. The number of nitrogens with two attached hydrogens (primary N) is 1.